The lowest BCUT2D eigenvalue weighted by molar-refractivity contribution is -0.120. The lowest BCUT2D eigenvalue weighted by Crippen LogP contribution is -2.29. The molecule has 0 heterocycles. The van der Waals surface area contributed by atoms with Gasteiger partial charge in [-0.25, -0.2) is 0 Å². The Balaban J connectivity index is 2.09. The number of carbonyl (C=O) groups is 2. The van der Waals surface area contributed by atoms with Gasteiger partial charge in [-0.1, -0.05) is 48.0 Å². The SMILES string of the molecule is CC(=O)N[C@H](CC(=O)Nc1ccc(C)cc1Cl)c1ccccc1. The normalized spacial score (nSPS) is 11.6. The second kappa shape index (κ2) is 7.79. The molecular formula is C18H19ClN2O2. The third-order valence-corrected chi connectivity index (χ3v) is 3.68. The molecule has 2 amide bonds. The molecule has 2 aromatic rings. The summed E-state index contributed by atoms with van der Waals surface area (Å²) < 4.78 is 0. The number of hydrogen-bond donors (Lipinski definition) is 2. The maximum atomic E-state index is 12.3. The number of hydrogen-bond acceptors (Lipinski definition) is 2. The van der Waals surface area contributed by atoms with Crippen LogP contribution in [0.4, 0.5) is 5.69 Å². The topological polar surface area (TPSA) is 58.2 Å². The molecule has 5 heteroatoms. The fourth-order valence-corrected chi connectivity index (χ4v) is 2.57. The third-order valence-electron chi connectivity index (χ3n) is 3.37. The zero-order chi connectivity index (χ0) is 16.8. The van der Waals surface area contributed by atoms with Crippen LogP contribution in [-0.2, 0) is 9.59 Å². The van der Waals surface area contributed by atoms with Crippen molar-refractivity contribution < 1.29 is 9.59 Å². The van der Waals surface area contributed by atoms with Crippen LogP contribution in [0.25, 0.3) is 0 Å². The van der Waals surface area contributed by atoms with E-state index in [2.05, 4.69) is 10.6 Å². The van der Waals surface area contributed by atoms with Gasteiger partial charge in [-0.2, -0.15) is 0 Å². The smallest absolute Gasteiger partial charge is 0.226 e. The molecule has 0 aliphatic heterocycles. The molecule has 0 aliphatic carbocycles. The first-order valence-electron chi connectivity index (χ1n) is 7.34. The summed E-state index contributed by atoms with van der Waals surface area (Å²) in [6, 6.07) is 14.5. The zero-order valence-electron chi connectivity index (χ0n) is 13.1. The van der Waals surface area contributed by atoms with Gasteiger partial charge >= 0.3 is 0 Å². The fraction of sp³-hybridized carbons (Fsp3) is 0.222. The maximum Gasteiger partial charge on any atom is 0.226 e. The average Bonchev–Trinajstić information content (AvgIpc) is 2.50. The lowest BCUT2D eigenvalue weighted by Gasteiger charge is -2.18. The first-order chi connectivity index (χ1) is 11.0. The molecule has 0 saturated heterocycles. The Hall–Kier alpha value is -2.33. The van der Waals surface area contributed by atoms with Gasteiger partial charge in [0.25, 0.3) is 0 Å². The van der Waals surface area contributed by atoms with Gasteiger partial charge in [0.05, 0.1) is 23.2 Å². The van der Waals surface area contributed by atoms with Crippen LogP contribution in [0.5, 0.6) is 0 Å². The molecule has 0 aliphatic rings. The van der Waals surface area contributed by atoms with Crippen molar-refractivity contribution in [2.45, 2.75) is 26.3 Å². The first kappa shape index (κ1) is 17.0. The maximum absolute atomic E-state index is 12.3. The molecule has 120 valence electrons. The van der Waals surface area contributed by atoms with Crippen molar-refractivity contribution >= 4 is 29.1 Å². The summed E-state index contributed by atoms with van der Waals surface area (Å²) in [6.45, 7) is 3.37. The van der Waals surface area contributed by atoms with Crippen LogP contribution >= 0.6 is 11.6 Å². The minimum Gasteiger partial charge on any atom is -0.349 e. The Morgan fingerprint density at radius 3 is 2.43 bits per heavy atom. The highest BCUT2D eigenvalue weighted by Crippen LogP contribution is 2.24. The number of aryl methyl sites for hydroxylation is 1. The van der Waals surface area contributed by atoms with E-state index in [4.69, 9.17) is 11.6 Å². The Labute approximate surface area is 140 Å². The number of nitrogens with one attached hydrogen (secondary N) is 2. The summed E-state index contributed by atoms with van der Waals surface area (Å²) in [5.74, 6) is -0.390. The van der Waals surface area contributed by atoms with Crippen molar-refractivity contribution in [3.63, 3.8) is 0 Å². The van der Waals surface area contributed by atoms with E-state index in [1.54, 1.807) is 12.1 Å². The highest BCUT2D eigenvalue weighted by molar-refractivity contribution is 6.33. The molecule has 2 N–H and O–H groups in total. The van der Waals surface area contributed by atoms with Crippen molar-refractivity contribution in [2.24, 2.45) is 0 Å². The number of carbonyl (C=O) groups excluding carboxylic acids is 2. The third kappa shape index (κ3) is 5.11. The van der Waals surface area contributed by atoms with Gasteiger partial charge in [-0.05, 0) is 30.2 Å². The van der Waals surface area contributed by atoms with E-state index in [0.717, 1.165) is 11.1 Å². The molecule has 0 radical (unpaired) electrons. The van der Waals surface area contributed by atoms with Gasteiger partial charge in [-0.15, -0.1) is 0 Å². The molecule has 0 unspecified atom stereocenters. The molecular weight excluding hydrogens is 312 g/mol. The van der Waals surface area contributed by atoms with E-state index in [1.165, 1.54) is 6.92 Å². The standard InChI is InChI=1S/C18H19ClN2O2/c1-12-8-9-16(15(19)10-12)21-18(23)11-17(20-13(2)22)14-6-4-3-5-7-14/h3-10,17H,11H2,1-2H3,(H,20,22)(H,21,23)/t17-/m1/s1. The van der Waals surface area contributed by atoms with Crippen LogP contribution in [0.2, 0.25) is 5.02 Å². The molecule has 0 spiro atoms. The van der Waals surface area contributed by atoms with Crippen LogP contribution in [0.3, 0.4) is 0 Å². The Kier molecular flexibility index (Phi) is 5.77. The van der Waals surface area contributed by atoms with Crippen LogP contribution in [0.1, 0.15) is 30.5 Å². The highest BCUT2D eigenvalue weighted by atomic mass is 35.5. The number of amides is 2. The Morgan fingerprint density at radius 2 is 1.83 bits per heavy atom. The summed E-state index contributed by atoms with van der Waals surface area (Å²) >= 11 is 6.13. The van der Waals surface area contributed by atoms with Crippen LogP contribution in [0, 0.1) is 6.92 Å². The Bertz CT molecular complexity index is 701. The lowest BCUT2D eigenvalue weighted by atomic mass is 10.0. The molecule has 0 saturated carbocycles. The van der Waals surface area contributed by atoms with Gasteiger partial charge in [0.2, 0.25) is 11.8 Å². The van der Waals surface area contributed by atoms with Crippen LogP contribution in [0.15, 0.2) is 48.5 Å². The summed E-state index contributed by atoms with van der Waals surface area (Å²) in [6.07, 6.45) is 0.133. The minimum atomic E-state index is -0.377. The number of halogens is 1. The van der Waals surface area contributed by atoms with Gasteiger partial charge in [0.15, 0.2) is 0 Å². The molecule has 0 fully saturated rings. The number of benzene rings is 2. The van der Waals surface area contributed by atoms with Gasteiger partial charge < -0.3 is 10.6 Å². The fourth-order valence-electron chi connectivity index (χ4n) is 2.29. The zero-order valence-corrected chi connectivity index (χ0v) is 13.9. The van der Waals surface area contributed by atoms with Gasteiger partial charge in [0, 0.05) is 6.92 Å². The molecule has 0 aromatic heterocycles. The van der Waals surface area contributed by atoms with E-state index in [9.17, 15) is 9.59 Å². The molecule has 1 atom stereocenters. The van der Waals surface area contributed by atoms with E-state index < -0.39 is 0 Å². The molecule has 23 heavy (non-hydrogen) atoms. The quantitative estimate of drug-likeness (QED) is 0.874. The van der Waals surface area contributed by atoms with Crippen LogP contribution < -0.4 is 10.6 Å². The van der Waals surface area contributed by atoms with E-state index in [1.807, 2.05) is 43.3 Å². The van der Waals surface area contributed by atoms with Crippen molar-refractivity contribution in [3.8, 4) is 0 Å². The van der Waals surface area contributed by atoms with Crippen molar-refractivity contribution in [1.29, 1.82) is 0 Å². The predicted octanol–water partition coefficient (Wildman–Crippen LogP) is 3.85. The van der Waals surface area contributed by atoms with E-state index in [-0.39, 0.29) is 24.3 Å². The van der Waals surface area contributed by atoms with Crippen molar-refractivity contribution in [3.05, 3.63) is 64.7 Å². The van der Waals surface area contributed by atoms with E-state index in [0.29, 0.717) is 10.7 Å². The second-order valence-electron chi connectivity index (χ2n) is 5.40. The highest BCUT2D eigenvalue weighted by Gasteiger charge is 2.17. The second-order valence-corrected chi connectivity index (χ2v) is 5.81. The molecule has 4 nitrogen and oxygen atoms in total. The van der Waals surface area contributed by atoms with Crippen molar-refractivity contribution in [2.75, 3.05) is 5.32 Å². The summed E-state index contributed by atoms with van der Waals surface area (Å²) in [4.78, 5) is 23.7. The molecule has 2 rings (SSSR count). The van der Waals surface area contributed by atoms with Gasteiger partial charge in [0.1, 0.15) is 0 Å². The largest absolute Gasteiger partial charge is 0.349 e. The summed E-state index contributed by atoms with van der Waals surface area (Å²) in [5, 5.41) is 6.09. The van der Waals surface area contributed by atoms with Gasteiger partial charge in [-0.3, -0.25) is 9.59 Å². The van der Waals surface area contributed by atoms with Crippen LogP contribution in [-0.4, -0.2) is 11.8 Å². The first-order valence-corrected chi connectivity index (χ1v) is 7.71. The monoisotopic (exact) mass is 330 g/mol. The average molecular weight is 331 g/mol. The summed E-state index contributed by atoms with van der Waals surface area (Å²) in [5.41, 5.74) is 2.47. The minimum absolute atomic E-state index is 0.133. The summed E-state index contributed by atoms with van der Waals surface area (Å²) in [7, 11) is 0. The predicted molar refractivity (Wildman–Crippen MR) is 92.4 cm³/mol. The van der Waals surface area contributed by atoms with E-state index >= 15 is 0 Å². The Morgan fingerprint density at radius 1 is 1.13 bits per heavy atom. The van der Waals surface area contributed by atoms with Crippen molar-refractivity contribution in [1.82, 2.24) is 5.32 Å². The molecule has 0 bridgehead atoms. The number of anilines is 1. The number of rotatable bonds is 5. The molecule has 2 aromatic carbocycles.